The lowest BCUT2D eigenvalue weighted by atomic mass is 10.1. The number of sulfonamides is 1. The van der Waals surface area contributed by atoms with Crippen molar-refractivity contribution in [3.8, 4) is 22.8 Å². The van der Waals surface area contributed by atoms with Crippen LogP contribution in [0.3, 0.4) is 0 Å². The second-order valence-electron chi connectivity index (χ2n) is 8.27. The Morgan fingerprint density at radius 1 is 1.11 bits per heavy atom. The predicted molar refractivity (Wildman–Crippen MR) is 128 cm³/mol. The van der Waals surface area contributed by atoms with Gasteiger partial charge < -0.3 is 23.9 Å². The third-order valence-corrected chi connectivity index (χ3v) is 7.37. The summed E-state index contributed by atoms with van der Waals surface area (Å²) < 4.78 is 43.8. The molecule has 11 heteroatoms. The summed E-state index contributed by atoms with van der Waals surface area (Å²) in [4.78, 5) is 17.4. The number of hydrogen-bond donors (Lipinski definition) is 1. The number of aliphatic carboxylic acids is 1. The first-order valence-electron chi connectivity index (χ1n) is 11.1. The molecule has 0 bridgehead atoms. The standard InChI is InChI=1S/C24H27N3O7S/c1-17(2)34-19-4-6-20(7-5-19)35(30,31)27-11-9-26(10-12-27)18-3-8-21(22-14-32-16-25-22)23(13-18)33-15-24(28)29/h3-8,13-14,16-17H,9-12,15H2,1-2H3,(H,28,29). The zero-order valence-electron chi connectivity index (χ0n) is 19.5. The van der Waals surface area contributed by atoms with E-state index in [-0.39, 0.29) is 11.0 Å². The summed E-state index contributed by atoms with van der Waals surface area (Å²) >= 11 is 0. The summed E-state index contributed by atoms with van der Waals surface area (Å²) in [7, 11) is -3.63. The van der Waals surface area contributed by atoms with Crippen LogP contribution in [0, 0.1) is 0 Å². The highest BCUT2D eigenvalue weighted by atomic mass is 32.2. The predicted octanol–water partition coefficient (Wildman–Crippen LogP) is 3.10. The zero-order chi connectivity index (χ0) is 25.0. The van der Waals surface area contributed by atoms with Crippen molar-refractivity contribution in [1.82, 2.24) is 9.29 Å². The second kappa shape index (κ2) is 10.4. The van der Waals surface area contributed by atoms with Crippen molar-refractivity contribution in [3.05, 3.63) is 55.1 Å². The Labute approximate surface area is 203 Å². The highest BCUT2D eigenvalue weighted by Gasteiger charge is 2.29. The number of piperazine rings is 1. The molecule has 10 nitrogen and oxygen atoms in total. The van der Waals surface area contributed by atoms with Gasteiger partial charge in [-0.3, -0.25) is 0 Å². The van der Waals surface area contributed by atoms with Crippen molar-refractivity contribution >= 4 is 21.7 Å². The van der Waals surface area contributed by atoms with Gasteiger partial charge in [0.05, 0.1) is 11.0 Å². The monoisotopic (exact) mass is 501 g/mol. The summed E-state index contributed by atoms with van der Waals surface area (Å²) in [6.07, 6.45) is 2.74. The Bertz CT molecular complexity index is 1250. The van der Waals surface area contributed by atoms with Gasteiger partial charge in [-0.1, -0.05) is 0 Å². The molecule has 0 atom stereocenters. The van der Waals surface area contributed by atoms with Crippen LogP contribution in [-0.2, 0) is 14.8 Å². The molecule has 35 heavy (non-hydrogen) atoms. The van der Waals surface area contributed by atoms with Crippen LogP contribution in [-0.4, -0.2) is 67.7 Å². The number of rotatable bonds is 9. The molecular formula is C24H27N3O7S. The van der Waals surface area contributed by atoms with E-state index in [0.717, 1.165) is 5.69 Å². The minimum Gasteiger partial charge on any atom is -0.491 e. The average Bonchev–Trinajstić information content (AvgIpc) is 3.37. The van der Waals surface area contributed by atoms with Gasteiger partial charge >= 0.3 is 5.97 Å². The number of carbonyl (C=O) groups is 1. The Hall–Kier alpha value is -3.57. The third kappa shape index (κ3) is 5.75. The maximum atomic E-state index is 13.1. The molecule has 2 aromatic carbocycles. The summed E-state index contributed by atoms with van der Waals surface area (Å²) in [5.74, 6) is -0.111. The lowest BCUT2D eigenvalue weighted by molar-refractivity contribution is -0.139. The Morgan fingerprint density at radius 3 is 2.43 bits per heavy atom. The van der Waals surface area contributed by atoms with E-state index in [9.17, 15) is 13.2 Å². The van der Waals surface area contributed by atoms with Gasteiger partial charge in [-0.05, 0) is 50.2 Å². The molecule has 3 aromatic rings. The maximum absolute atomic E-state index is 13.1. The molecule has 1 N–H and O–H groups in total. The highest BCUT2D eigenvalue weighted by Crippen LogP contribution is 2.34. The van der Waals surface area contributed by atoms with Gasteiger partial charge in [0.25, 0.3) is 0 Å². The number of oxazole rings is 1. The van der Waals surface area contributed by atoms with Crippen LogP contribution in [0.2, 0.25) is 0 Å². The summed E-state index contributed by atoms with van der Waals surface area (Å²) in [5.41, 5.74) is 1.93. The van der Waals surface area contributed by atoms with Gasteiger partial charge in [0.1, 0.15) is 23.5 Å². The van der Waals surface area contributed by atoms with Crippen LogP contribution in [0.15, 0.2) is 64.4 Å². The molecule has 1 aliphatic rings. The van der Waals surface area contributed by atoms with Crippen molar-refractivity contribution in [2.75, 3.05) is 37.7 Å². The third-order valence-electron chi connectivity index (χ3n) is 5.46. The van der Waals surface area contributed by atoms with Crippen LogP contribution >= 0.6 is 0 Å². The first kappa shape index (κ1) is 24.6. The minimum atomic E-state index is -3.63. The van der Waals surface area contributed by atoms with E-state index < -0.39 is 22.6 Å². The quantitative estimate of drug-likeness (QED) is 0.471. The van der Waals surface area contributed by atoms with Gasteiger partial charge in [0, 0.05) is 43.5 Å². The molecule has 0 spiro atoms. The van der Waals surface area contributed by atoms with E-state index in [1.807, 2.05) is 24.8 Å². The summed E-state index contributed by atoms with van der Waals surface area (Å²) in [6.45, 7) is 4.87. The minimum absolute atomic E-state index is 0.00518. The van der Waals surface area contributed by atoms with Crippen LogP contribution in [0.4, 0.5) is 5.69 Å². The van der Waals surface area contributed by atoms with Crippen molar-refractivity contribution in [1.29, 1.82) is 0 Å². The number of carboxylic acid groups (broad SMARTS) is 1. The largest absolute Gasteiger partial charge is 0.491 e. The van der Waals surface area contributed by atoms with E-state index in [1.54, 1.807) is 36.4 Å². The smallest absolute Gasteiger partial charge is 0.341 e. The van der Waals surface area contributed by atoms with Crippen LogP contribution < -0.4 is 14.4 Å². The fourth-order valence-corrected chi connectivity index (χ4v) is 5.24. The van der Waals surface area contributed by atoms with Crippen molar-refractivity contribution in [2.45, 2.75) is 24.8 Å². The number of anilines is 1. The fraction of sp³-hybridized carbons (Fsp3) is 0.333. The molecule has 4 rings (SSSR count). The average molecular weight is 502 g/mol. The van der Waals surface area contributed by atoms with Crippen LogP contribution in [0.1, 0.15) is 13.8 Å². The normalized spacial score (nSPS) is 14.8. The van der Waals surface area contributed by atoms with Crippen LogP contribution in [0.5, 0.6) is 11.5 Å². The van der Waals surface area contributed by atoms with Gasteiger partial charge in [0.15, 0.2) is 13.0 Å². The van der Waals surface area contributed by atoms with Crippen LogP contribution in [0.25, 0.3) is 11.3 Å². The zero-order valence-corrected chi connectivity index (χ0v) is 20.3. The summed E-state index contributed by atoms with van der Waals surface area (Å²) in [6, 6.07) is 11.9. The number of benzene rings is 2. The molecule has 1 fully saturated rings. The molecule has 2 heterocycles. The number of nitrogens with zero attached hydrogens (tertiary/aromatic N) is 3. The van der Waals surface area contributed by atoms with Crippen molar-refractivity contribution in [3.63, 3.8) is 0 Å². The molecular weight excluding hydrogens is 474 g/mol. The summed E-state index contributed by atoms with van der Waals surface area (Å²) in [5, 5.41) is 9.03. The van der Waals surface area contributed by atoms with E-state index >= 15 is 0 Å². The highest BCUT2D eigenvalue weighted by molar-refractivity contribution is 7.89. The molecule has 0 amide bonds. The number of hydrogen-bond acceptors (Lipinski definition) is 8. The van der Waals surface area contributed by atoms with Gasteiger partial charge in [-0.15, -0.1) is 0 Å². The molecule has 1 aromatic heterocycles. The second-order valence-corrected chi connectivity index (χ2v) is 10.2. The molecule has 0 aliphatic carbocycles. The fourth-order valence-electron chi connectivity index (χ4n) is 3.82. The first-order chi connectivity index (χ1) is 16.7. The van der Waals surface area contributed by atoms with E-state index in [4.69, 9.17) is 19.0 Å². The Morgan fingerprint density at radius 2 is 1.83 bits per heavy atom. The van der Waals surface area contributed by atoms with Crippen molar-refractivity contribution < 1.29 is 32.2 Å². The van der Waals surface area contributed by atoms with Gasteiger partial charge in [-0.2, -0.15) is 4.31 Å². The SMILES string of the molecule is CC(C)Oc1ccc(S(=O)(=O)N2CCN(c3ccc(-c4cocn4)c(OCC(=O)O)c3)CC2)cc1. The Balaban J connectivity index is 1.47. The number of aromatic nitrogens is 1. The maximum Gasteiger partial charge on any atom is 0.341 e. The number of ether oxygens (including phenoxy) is 2. The van der Waals surface area contributed by atoms with E-state index in [0.29, 0.717) is 48.9 Å². The molecule has 186 valence electrons. The molecule has 0 unspecified atom stereocenters. The molecule has 1 saturated heterocycles. The Kier molecular flexibility index (Phi) is 7.27. The van der Waals surface area contributed by atoms with E-state index in [2.05, 4.69) is 4.98 Å². The number of carboxylic acids is 1. The van der Waals surface area contributed by atoms with E-state index in [1.165, 1.54) is 17.0 Å². The lowest BCUT2D eigenvalue weighted by Crippen LogP contribution is -2.48. The molecule has 0 radical (unpaired) electrons. The topological polar surface area (TPSA) is 122 Å². The first-order valence-corrected chi connectivity index (χ1v) is 12.6. The van der Waals surface area contributed by atoms with Gasteiger partial charge in [0.2, 0.25) is 10.0 Å². The van der Waals surface area contributed by atoms with Gasteiger partial charge in [-0.25, -0.2) is 18.2 Å². The van der Waals surface area contributed by atoms with Crippen molar-refractivity contribution in [2.24, 2.45) is 0 Å². The molecule has 0 saturated carbocycles. The lowest BCUT2D eigenvalue weighted by Gasteiger charge is -2.35. The molecule has 1 aliphatic heterocycles.